The zero-order chi connectivity index (χ0) is 25.9. The fourth-order valence-electron chi connectivity index (χ4n) is 4.98. The van der Waals surface area contributed by atoms with E-state index in [1.807, 2.05) is 55.5 Å². The summed E-state index contributed by atoms with van der Waals surface area (Å²) < 4.78 is 11.4. The minimum absolute atomic E-state index is 0.0535. The summed E-state index contributed by atoms with van der Waals surface area (Å²) >= 11 is 0. The first-order valence-electron chi connectivity index (χ1n) is 12.4. The van der Waals surface area contributed by atoms with Crippen LogP contribution in [0.5, 0.6) is 11.5 Å². The van der Waals surface area contributed by atoms with Gasteiger partial charge in [0.1, 0.15) is 30.0 Å². The predicted molar refractivity (Wildman–Crippen MR) is 142 cm³/mol. The molecule has 1 fully saturated rings. The van der Waals surface area contributed by atoms with E-state index >= 15 is 0 Å². The van der Waals surface area contributed by atoms with E-state index in [-0.39, 0.29) is 17.4 Å². The minimum Gasteiger partial charge on any atom is -0.507 e. The number of benzene rings is 3. The summed E-state index contributed by atoms with van der Waals surface area (Å²) in [7, 11) is 0. The Morgan fingerprint density at radius 2 is 1.86 bits per heavy atom. The summed E-state index contributed by atoms with van der Waals surface area (Å²) in [6, 6.07) is 21.7. The van der Waals surface area contributed by atoms with Gasteiger partial charge in [0.25, 0.3) is 11.7 Å². The Bertz CT molecular complexity index is 1360. The first-order valence-corrected chi connectivity index (χ1v) is 12.4. The van der Waals surface area contributed by atoms with E-state index in [0.717, 1.165) is 28.9 Å². The monoisotopic (exact) mass is 495 g/mol. The molecule has 0 aromatic heterocycles. The Labute approximate surface area is 216 Å². The van der Waals surface area contributed by atoms with Gasteiger partial charge >= 0.3 is 0 Å². The molecule has 0 saturated carbocycles. The van der Waals surface area contributed by atoms with Gasteiger partial charge in [0, 0.05) is 18.5 Å². The molecule has 6 heteroatoms. The molecular formula is C31H29NO5. The number of hydrogen-bond acceptors (Lipinski definition) is 5. The van der Waals surface area contributed by atoms with Crippen molar-refractivity contribution in [3.63, 3.8) is 0 Å². The maximum absolute atomic E-state index is 13.4. The lowest BCUT2D eigenvalue weighted by Gasteiger charge is -2.25. The third-order valence-corrected chi connectivity index (χ3v) is 6.76. The summed E-state index contributed by atoms with van der Waals surface area (Å²) in [5, 5.41) is 11.4. The van der Waals surface area contributed by atoms with Crippen LogP contribution in [0.1, 0.15) is 35.2 Å². The number of carbonyl (C=O) groups is 2. The fourth-order valence-corrected chi connectivity index (χ4v) is 4.98. The normalized spacial score (nSPS) is 20.0. The molecular weight excluding hydrogens is 466 g/mol. The topological polar surface area (TPSA) is 76.1 Å². The first kappa shape index (κ1) is 24.4. The number of amides is 1. The molecule has 3 aromatic rings. The van der Waals surface area contributed by atoms with Gasteiger partial charge in [-0.1, -0.05) is 55.1 Å². The third-order valence-electron chi connectivity index (χ3n) is 6.76. The Balaban J connectivity index is 1.54. The Morgan fingerprint density at radius 3 is 2.59 bits per heavy atom. The Morgan fingerprint density at radius 1 is 1.11 bits per heavy atom. The van der Waals surface area contributed by atoms with Crippen LogP contribution in [-0.2, 0) is 22.4 Å². The third kappa shape index (κ3) is 4.87. The van der Waals surface area contributed by atoms with Gasteiger partial charge in [-0.15, -0.1) is 0 Å². The fraction of sp³-hybridized carbons (Fsp3) is 0.226. The van der Waals surface area contributed by atoms with Crippen molar-refractivity contribution < 1.29 is 24.2 Å². The molecule has 0 bridgehead atoms. The van der Waals surface area contributed by atoms with Crippen LogP contribution in [0.4, 0.5) is 0 Å². The van der Waals surface area contributed by atoms with Crippen molar-refractivity contribution in [2.45, 2.75) is 31.9 Å². The maximum Gasteiger partial charge on any atom is 0.295 e. The average molecular weight is 496 g/mol. The molecule has 0 spiro atoms. The predicted octanol–water partition coefficient (Wildman–Crippen LogP) is 5.24. The first-order chi connectivity index (χ1) is 18.0. The van der Waals surface area contributed by atoms with Crippen molar-refractivity contribution >= 4 is 17.4 Å². The van der Waals surface area contributed by atoms with Gasteiger partial charge in [0.2, 0.25) is 0 Å². The number of aliphatic hydroxyl groups excluding tert-OH is 1. The summed E-state index contributed by atoms with van der Waals surface area (Å²) in [5.41, 5.74) is 3.33. The largest absolute Gasteiger partial charge is 0.507 e. The van der Waals surface area contributed by atoms with E-state index in [4.69, 9.17) is 9.47 Å². The van der Waals surface area contributed by atoms with Crippen molar-refractivity contribution in [2.24, 2.45) is 0 Å². The van der Waals surface area contributed by atoms with Crippen LogP contribution in [-0.4, -0.2) is 41.0 Å². The van der Waals surface area contributed by atoms with Crippen LogP contribution in [0.15, 0.2) is 91.0 Å². The highest BCUT2D eigenvalue weighted by Gasteiger charge is 2.46. The summed E-state index contributed by atoms with van der Waals surface area (Å²) in [4.78, 5) is 28.2. The second-order valence-corrected chi connectivity index (χ2v) is 9.35. The number of rotatable bonds is 8. The highest BCUT2D eigenvalue weighted by molar-refractivity contribution is 6.46. The van der Waals surface area contributed by atoms with E-state index in [2.05, 4.69) is 6.58 Å². The van der Waals surface area contributed by atoms with Crippen LogP contribution < -0.4 is 9.47 Å². The zero-order valence-electron chi connectivity index (χ0n) is 20.7. The minimum atomic E-state index is -0.722. The van der Waals surface area contributed by atoms with E-state index in [1.54, 1.807) is 35.2 Å². The lowest BCUT2D eigenvalue weighted by atomic mass is 9.94. The van der Waals surface area contributed by atoms with Gasteiger partial charge < -0.3 is 19.5 Å². The number of ether oxygens (including phenoxy) is 2. The highest BCUT2D eigenvalue weighted by atomic mass is 16.5. The van der Waals surface area contributed by atoms with Crippen LogP contribution >= 0.6 is 0 Å². The maximum atomic E-state index is 13.4. The van der Waals surface area contributed by atoms with Crippen LogP contribution in [0.25, 0.3) is 5.76 Å². The quantitative estimate of drug-likeness (QED) is 0.200. The molecule has 1 saturated heterocycles. The van der Waals surface area contributed by atoms with Gasteiger partial charge in [-0.05, 0) is 60.4 Å². The molecule has 1 N–H and O–H groups in total. The van der Waals surface area contributed by atoms with Gasteiger partial charge in [-0.2, -0.15) is 0 Å². The number of Topliss-reactive ketones (excluding diaryl/α,β-unsaturated/α-hetero) is 1. The molecule has 188 valence electrons. The van der Waals surface area contributed by atoms with E-state index in [1.165, 1.54) is 0 Å². The van der Waals surface area contributed by atoms with Crippen LogP contribution in [0.2, 0.25) is 0 Å². The van der Waals surface area contributed by atoms with Crippen molar-refractivity contribution in [3.05, 3.63) is 113 Å². The molecule has 0 radical (unpaired) electrons. The van der Waals surface area contributed by atoms with Crippen LogP contribution in [0, 0.1) is 0 Å². The number of hydrogen-bond donors (Lipinski definition) is 1. The van der Waals surface area contributed by atoms with Gasteiger partial charge in [0.05, 0.1) is 11.6 Å². The molecule has 2 aliphatic rings. The summed E-state index contributed by atoms with van der Waals surface area (Å²) in [6.07, 6.45) is 3.02. The Kier molecular flexibility index (Phi) is 6.82. The number of aliphatic hydroxyl groups is 1. The molecule has 0 aliphatic carbocycles. The molecule has 2 aliphatic heterocycles. The number of nitrogens with zero attached hydrogens (tertiary/aromatic N) is 1. The van der Waals surface area contributed by atoms with E-state index in [0.29, 0.717) is 30.9 Å². The molecule has 2 atom stereocenters. The Hall–Kier alpha value is -4.32. The summed E-state index contributed by atoms with van der Waals surface area (Å²) in [6.45, 7) is 6.35. The lowest BCUT2D eigenvalue weighted by molar-refractivity contribution is -0.139. The molecule has 37 heavy (non-hydrogen) atoms. The molecule has 5 rings (SSSR count). The van der Waals surface area contributed by atoms with E-state index in [9.17, 15) is 14.7 Å². The molecule has 6 nitrogen and oxygen atoms in total. The van der Waals surface area contributed by atoms with Crippen molar-refractivity contribution in [1.82, 2.24) is 4.90 Å². The second-order valence-electron chi connectivity index (χ2n) is 9.35. The second kappa shape index (κ2) is 10.3. The van der Waals surface area contributed by atoms with E-state index < -0.39 is 17.7 Å². The number of ketones is 1. The standard InChI is InChI=1S/C31H29NO5/c1-3-17-36-25-12-9-22(10-13-25)28-27(29(33)23-11-14-26-24(19-23)18-20(2)37-26)30(34)31(35)32(28)16-15-21-7-5-4-6-8-21/h3-14,19-20,28,33H,1,15-18H2,2H3/b29-27+/t20-,28-/m0/s1. The number of fused-ring (bicyclic) bond motifs is 1. The lowest BCUT2D eigenvalue weighted by Crippen LogP contribution is -2.31. The molecule has 3 aromatic carbocycles. The average Bonchev–Trinajstić information content (AvgIpc) is 3.42. The van der Waals surface area contributed by atoms with Gasteiger partial charge in [0.15, 0.2) is 0 Å². The van der Waals surface area contributed by atoms with Gasteiger partial charge in [-0.25, -0.2) is 0 Å². The molecule has 2 heterocycles. The van der Waals surface area contributed by atoms with Crippen molar-refractivity contribution in [3.8, 4) is 11.5 Å². The smallest absolute Gasteiger partial charge is 0.295 e. The number of carbonyl (C=O) groups excluding carboxylic acids is 2. The summed E-state index contributed by atoms with van der Waals surface area (Å²) in [5.74, 6) is -0.0585. The SMILES string of the molecule is C=CCOc1ccc([C@H]2/C(=C(\O)c3ccc4c(c3)C[C@H](C)O4)C(=O)C(=O)N2CCc2ccccc2)cc1. The number of likely N-dealkylation sites (tertiary alicyclic amines) is 1. The zero-order valence-corrected chi connectivity index (χ0v) is 20.7. The van der Waals surface area contributed by atoms with Gasteiger partial charge in [-0.3, -0.25) is 9.59 Å². The molecule has 0 unspecified atom stereocenters. The van der Waals surface area contributed by atoms with Crippen LogP contribution in [0.3, 0.4) is 0 Å². The highest BCUT2D eigenvalue weighted by Crippen LogP contribution is 2.41. The van der Waals surface area contributed by atoms with Crippen molar-refractivity contribution in [2.75, 3.05) is 13.2 Å². The molecule has 1 amide bonds. The van der Waals surface area contributed by atoms with Crippen molar-refractivity contribution in [1.29, 1.82) is 0 Å².